The van der Waals surface area contributed by atoms with E-state index in [0.717, 1.165) is 0 Å². The Morgan fingerprint density at radius 2 is 0.703 bits per heavy atom. The first kappa shape index (κ1) is 30.0. The van der Waals surface area contributed by atoms with Crippen molar-refractivity contribution < 1.29 is 0 Å². The second kappa shape index (κ2) is 15.8. The lowest BCUT2D eigenvalue weighted by Gasteiger charge is -2.24. The standard InChI is InChI=1S/C37H58/c1-7-13-19-28-25-30-27-31-26-29(20-14-8-2)33(22-16-10-4)35(24-18-12-6)37(31)36(30)34(23-17-11-5)32(28)21-15-9-3/h25-26H,7-24,27H2,1-6H3. The molecular weight excluding hydrogens is 444 g/mol. The van der Waals surface area contributed by atoms with E-state index in [4.69, 9.17) is 0 Å². The maximum Gasteiger partial charge on any atom is -0.00130 e. The first-order chi connectivity index (χ1) is 18.1. The molecule has 0 heteroatoms. The summed E-state index contributed by atoms with van der Waals surface area (Å²) in [6.45, 7) is 14.2. The van der Waals surface area contributed by atoms with E-state index in [1.54, 1.807) is 55.6 Å². The fourth-order valence-electron chi connectivity index (χ4n) is 6.69. The number of fused-ring (bicyclic) bond motifs is 3. The van der Waals surface area contributed by atoms with E-state index in [-0.39, 0.29) is 0 Å². The van der Waals surface area contributed by atoms with E-state index < -0.39 is 0 Å². The van der Waals surface area contributed by atoms with Gasteiger partial charge in [-0.2, -0.15) is 0 Å². The first-order valence-electron chi connectivity index (χ1n) is 16.5. The summed E-state index contributed by atoms with van der Waals surface area (Å²) in [7, 11) is 0. The molecule has 0 saturated heterocycles. The number of hydrogen-bond donors (Lipinski definition) is 0. The molecule has 0 aromatic heterocycles. The molecule has 0 radical (unpaired) electrons. The van der Waals surface area contributed by atoms with Crippen molar-refractivity contribution in [3.63, 3.8) is 0 Å². The Bertz CT molecular complexity index is 897. The lowest BCUT2D eigenvalue weighted by atomic mass is 9.81. The van der Waals surface area contributed by atoms with Crippen LogP contribution in [-0.2, 0) is 44.9 Å². The summed E-state index contributed by atoms with van der Waals surface area (Å²) in [6.07, 6.45) is 24.5. The van der Waals surface area contributed by atoms with Crippen LogP contribution in [0.5, 0.6) is 0 Å². The third-order valence-corrected chi connectivity index (χ3v) is 8.80. The van der Waals surface area contributed by atoms with Crippen LogP contribution < -0.4 is 0 Å². The van der Waals surface area contributed by atoms with Crippen molar-refractivity contribution in [2.24, 2.45) is 0 Å². The van der Waals surface area contributed by atoms with Crippen LogP contribution in [0.25, 0.3) is 11.1 Å². The predicted molar refractivity (Wildman–Crippen MR) is 166 cm³/mol. The van der Waals surface area contributed by atoms with Gasteiger partial charge in [0.2, 0.25) is 0 Å². The van der Waals surface area contributed by atoms with Gasteiger partial charge in [0.15, 0.2) is 0 Å². The van der Waals surface area contributed by atoms with Crippen molar-refractivity contribution in [1.29, 1.82) is 0 Å². The van der Waals surface area contributed by atoms with Crippen molar-refractivity contribution in [3.05, 3.63) is 56.6 Å². The van der Waals surface area contributed by atoms with Gasteiger partial charge in [-0.05, 0) is 139 Å². The summed E-state index contributed by atoms with van der Waals surface area (Å²) in [5.41, 5.74) is 17.2. The number of hydrogen-bond acceptors (Lipinski definition) is 0. The van der Waals surface area contributed by atoms with Crippen molar-refractivity contribution >= 4 is 0 Å². The molecule has 2 aromatic rings. The predicted octanol–water partition coefficient (Wildman–Crippen LogP) is 11.3. The highest BCUT2D eigenvalue weighted by molar-refractivity contribution is 5.85. The normalized spacial score (nSPS) is 12.3. The summed E-state index contributed by atoms with van der Waals surface area (Å²) < 4.78 is 0. The third-order valence-electron chi connectivity index (χ3n) is 8.80. The molecular formula is C37H58. The Labute approximate surface area is 231 Å². The molecule has 0 unspecified atom stereocenters. The average Bonchev–Trinajstić information content (AvgIpc) is 3.27. The van der Waals surface area contributed by atoms with Crippen molar-refractivity contribution in [3.8, 4) is 11.1 Å². The van der Waals surface area contributed by atoms with Crippen LogP contribution in [0.4, 0.5) is 0 Å². The monoisotopic (exact) mass is 502 g/mol. The van der Waals surface area contributed by atoms with Gasteiger partial charge in [0.1, 0.15) is 0 Å². The topological polar surface area (TPSA) is 0 Å². The molecule has 0 saturated carbocycles. The van der Waals surface area contributed by atoms with Crippen LogP contribution in [0.3, 0.4) is 0 Å². The van der Waals surface area contributed by atoms with Crippen molar-refractivity contribution in [1.82, 2.24) is 0 Å². The van der Waals surface area contributed by atoms with Gasteiger partial charge in [-0.25, -0.2) is 0 Å². The Morgan fingerprint density at radius 3 is 1.03 bits per heavy atom. The molecule has 0 fully saturated rings. The molecule has 1 aliphatic carbocycles. The Kier molecular flexibility index (Phi) is 12.8. The largest absolute Gasteiger partial charge is 0.0654 e. The van der Waals surface area contributed by atoms with Crippen LogP contribution in [0.15, 0.2) is 12.1 Å². The molecule has 1 aliphatic rings. The molecule has 206 valence electrons. The van der Waals surface area contributed by atoms with Crippen LogP contribution in [0.2, 0.25) is 0 Å². The molecule has 0 spiro atoms. The summed E-state index contributed by atoms with van der Waals surface area (Å²) in [4.78, 5) is 0. The number of benzene rings is 2. The van der Waals surface area contributed by atoms with Crippen LogP contribution in [-0.4, -0.2) is 0 Å². The molecule has 0 atom stereocenters. The minimum absolute atomic E-state index is 1.17. The number of aryl methyl sites for hydroxylation is 2. The Balaban J connectivity index is 2.29. The van der Waals surface area contributed by atoms with Crippen molar-refractivity contribution in [2.75, 3.05) is 0 Å². The minimum Gasteiger partial charge on any atom is -0.0654 e. The van der Waals surface area contributed by atoms with Gasteiger partial charge in [-0.15, -0.1) is 0 Å². The maximum atomic E-state index is 2.69. The molecule has 2 aromatic carbocycles. The zero-order chi connectivity index (χ0) is 26.6. The van der Waals surface area contributed by atoms with Crippen molar-refractivity contribution in [2.45, 2.75) is 164 Å². The van der Waals surface area contributed by atoms with Gasteiger partial charge < -0.3 is 0 Å². The van der Waals surface area contributed by atoms with Gasteiger partial charge in [-0.3, -0.25) is 0 Å². The zero-order valence-electron chi connectivity index (χ0n) is 25.6. The summed E-state index contributed by atoms with van der Waals surface area (Å²) in [5.74, 6) is 0. The fraction of sp³-hybridized carbons (Fsp3) is 0.676. The number of rotatable bonds is 18. The first-order valence-corrected chi connectivity index (χ1v) is 16.5. The highest BCUT2D eigenvalue weighted by atomic mass is 14.3. The zero-order valence-corrected chi connectivity index (χ0v) is 25.6. The van der Waals surface area contributed by atoms with E-state index in [2.05, 4.69) is 53.7 Å². The number of unbranched alkanes of at least 4 members (excludes halogenated alkanes) is 6. The average molecular weight is 503 g/mol. The van der Waals surface area contributed by atoms with E-state index in [1.165, 1.54) is 122 Å². The molecule has 37 heavy (non-hydrogen) atoms. The van der Waals surface area contributed by atoms with E-state index >= 15 is 0 Å². The highest BCUT2D eigenvalue weighted by Gasteiger charge is 2.29. The highest BCUT2D eigenvalue weighted by Crippen LogP contribution is 2.47. The fourth-order valence-corrected chi connectivity index (χ4v) is 6.69. The molecule has 3 rings (SSSR count). The van der Waals surface area contributed by atoms with Crippen LogP contribution >= 0.6 is 0 Å². The molecule has 0 nitrogen and oxygen atoms in total. The summed E-state index contributed by atoms with van der Waals surface area (Å²) in [6, 6.07) is 5.37. The van der Waals surface area contributed by atoms with Gasteiger partial charge >= 0.3 is 0 Å². The van der Waals surface area contributed by atoms with Gasteiger partial charge in [0.25, 0.3) is 0 Å². The molecule has 0 aliphatic heterocycles. The quantitative estimate of drug-likeness (QED) is 0.162. The van der Waals surface area contributed by atoms with Gasteiger partial charge in [0.05, 0.1) is 0 Å². The summed E-state index contributed by atoms with van der Waals surface area (Å²) >= 11 is 0. The van der Waals surface area contributed by atoms with Gasteiger partial charge in [0, 0.05) is 0 Å². The van der Waals surface area contributed by atoms with E-state index in [1.807, 2.05) is 0 Å². The lowest BCUT2D eigenvalue weighted by molar-refractivity contribution is 0.732. The van der Waals surface area contributed by atoms with E-state index in [9.17, 15) is 0 Å². The summed E-state index contributed by atoms with van der Waals surface area (Å²) in [5, 5.41) is 0. The third kappa shape index (κ3) is 7.30. The minimum atomic E-state index is 1.17. The van der Waals surface area contributed by atoms with E-state index in [0.29, 0.717) is 0 Å². The molecule has 0 heterocycles. The van der Waals surface area contributed by atoms with Gasteiger partial charge in [-0.1, -0.05) is 92.2 Å². The molecule has 0 bridgehead atoms. The maximum absolute atomic E-state index is 2.69. The molecule has 0 N–H and O–H groups in total. The van der Waals surface area contributed by atoms with Crippen LogP contribution in [0.1, 0.15) is 163 Å². The SMILES string of the molecule is CCCCc1cc2c(c(CCCC)c1CCCC)-c1c(cc(CCCC)c(CCCC)c1CCCC)C2. The van der Waals surface area contributed by atoms with Crippen LogP contribution in [0, 0.1) is 0 Å². The molecule has 0 amide bonds. The second-order valence-corrected chi connectivity index (χ2v) is 11.9. The Morgan fingerprint density at radius 1 is 0.405 bits per heavy atom. The lowest BCUT2D eigenvalue weighted by Crippen LogP contribution is -2.08. The second-order valence-electron chi connectivity index (χ2n) is 11.9. The smallest absolute Gasteiger partial charge is 0.00130 e. The Hall–Kier alpha value is -1.56.